The number of aromatic carboxylic acids is 1. The van der Waals surface area contributed by atoms with Crippen LogP contribution in [0.5, 0.6) is 0 Å². The van der Waals surface area contributed by atoms with E-state index in [1.54, 1.807) is 13.0 Å². The number of rotatable bonds is 1. The SMILES string of the molecule is Cc1c(C(=O)O)oc2cccc(C#CC3CC3)c12. The molecule has 90 valence electrons. The predicted octanol–water partition coefficient (Wildman–Crippen LogP) is 3.20. The Labute approximate surface area is 104 Å². The largest absolute Gasteiger partial charge is 0.475 e. The second-order valence-electron chi connectivity index (χ2n) is 4.58. The summed E-state index contributed by atoms with van der Waals surface area (Å²) in [5.41, 5.74) is 2.10. The zero-order chi connectivity index (χ0) is 12.7. The molecule has 0 saturated heterocycles. The third-order valence-corrected chi connectivity index (χ3v) is 3.14. The van der Waals surface area contributed by atoms with Gasteiger partial charge in [-0.1, -0.05) is 17.9 Å². The van der Waals surface area contributed by atoms with E-state index >= 15 is 0 Å². The number of fused-ring (bicyclic) bond motifs is 1. The molecule has 1 saturated carbocycles. The van der Waals surface area contributed by atoms with Crippen LogP contribution in [0, 0.1) is 24.7 Å². The summed E-state index contributed by atoms with van der Waals surface area (Å²) in [6, 6.07) is 5.52. The number of aryl methyl sites for hydroxylation is 1. The number of carboxylic acid groups (broad SMARTS) is 1. The van der Waals surface area contributed by atoms with Gasteiger partial charge in [-0.2, -0.15) is 0 Å². The molecule has 1 N–H and O–H groups in total. The zero-order valence-electron chi connectivity index (χ0n) is 9.99. The molecule has 1 fully saturated rings. The standard InChI is InChI=1S/C15H12O3/c1-9-13-11(8-7-10-5-6-10)3-2-4-12(13)18-14(9)15(16)17/h2-4,10H,5-6H2,1H3,(H,16,17). The van der Waals surface area contributed by atoms with Crippen LogP contribution in [0.4, 0.5) is 0 Å². The lowest BCUT2D eigenvalue weighted by molar-refractivity contribution is 0.0664. The van der Waals surface area contributed by atoms with Gasteiger partial charge in [-0.3, -0.25) is 0 Å². The maximum absolute atomic E-state index is 11.0. The highest BCUT2D eigenvalue weighted by Gasteiger charge is 2.20. The molecule has 0 unspecified atom stereocenters. The Hall–Kier alpha value is -2.21. The van der Waals surface area contributed by atoms with E-state index in [1.807, 2.05) is 12.1 Å². The Balaban J connectivity index is 2.20. The highest BCUT2D eigenvalue weighted by Crippen LogP contribution is 2.30. The minimum absolute atomic E-state index is 0.00525. The molecule has 3 rings (SSSR count). The van der Waals surface area contributed by atoms with E-state index in [-0.39, 0.29) is 5.76 Å². The number of carbonyl (C=O) groups is 1. The van der Waals surface area contributed by atoms with Crippen LogP contribution in [0.3, 0.4) is 0 Å². The summed E-state index contributed by atoms with van der Waals surface area (Å²) in [5.74, 6) is 5.82. The van der Waals surface area contributed by atoms with Crippen LogP contribution in [0.25, 0.3) is 11.0 Å². The van der Waals surface area contributed by atoms with Crippen LogP contribution >= 0.6 is 0 Å². The van der Waals surface area contributed by atoms with Gasteiger partial charge in [0.1, 0.15) is 5.58 Å². The van der Waals surface area contributed by atoms with Crippen molar-refractivity contribution < 1.29 is 14.3 Å². The van der Waals surface area contributed by atoms with E-state index in [9.17, 15) is 4.79 Å². The van der Waals surface area contributed by atoms with Gasteiger partial charge in [-0.15, -0.1) is 0 Å². The Morgan fingerprint density at radius 1 is 1.44 bits per heavy atom. The van der Waals surface area contributed by atoms with Crippen LogP contribution in [-0.2, 0) is 0 Å². The summed E-state index contributed by atoms with van der Waals surface area (Å²) >= 11 is 0. The van der Waals surface area contributed by atoms with Gasteiger partial charge in [0.05, 0.1) is 0 Å². The van der Waals surface area contributed by atoms with Crippen molar-refractivity contribution in [2.45, 2.75) is 19.8 Å². The minimum atomic E-state index is -1.04. The van der Waals surface area contributed by atoms with Gasteiger partial charge in [0, 0.05) is 22.4 Å². The summed E-state index contributed by atoms with van der Waals surface area (Å²) < 4.78 is 5.36. The van der Waals surface area contributed by atoms with Crippen LogP contribution in [0.15, 0.2) is 22.6 Å². The number of furan rings is 1. The Kier molecular flexibility index (Phi) is 2.38. The molecular formula is C15H12O3. The molecule has 3 nitrogen and oxygen atoms in total. The second-order valence-corrected chi connectivity index (χ2v) is 4.58. The predicted molar refractivity (Wildman–Crippen MR) is 67.5 cm³/mol. The molecule has 1 aliphatic carbocycles. The van der Waals surface area contributed by atoms with Crippen LogP contribution in [0.1, 0.15) is 34.5 Å². The first kappa shape index (κ1) is 10.9. The maximum atomic E-state index is 11.0. The van der Waals surface area contributed by atoms with Gasteiger partial charge in [0.15, 0.2) is 0 Å². The molecule has 18 heavy (non-hydrogen) atoms. The van der Waals surface area contributed by atoms with Crippen LogP contribution in [-0.4, -0.2) is 11.1 Å². The molecule has 0 radical (unpaired) electrons. The highest BCUT2D eigenvalue weighted by molar-refractivity contribution is 5.97. The van der Waals surface area contributed by atoms with Gasteiger partial charge < -0.3 is 9.52 Å². The van der Waals surface area contributed by atoms with Gasteiger partial charge >= 0.3 is 5.97 Å². The van der Waals surface area contributed by atoms with Crippen molar-refractivity contribution in [1.82, 2.24) is 0 Å². The quantitative estimate of drug-likeness (QED) is 0.779. The molecule has 1 aromatic heterocycles. The summed E-state index contributed by atoms with van der Waals surface area (Å²) in [7, 11) is 0. The smallest absolute Gasteiger partial charge is 0.372 e. The average Bonchev–Trinajstić information content (AvgIpc) is 3.10. The normalized spacial score (nSPS) is 14.3. The molecule has 1 aromatic carbocycles. The van der Waals surface area contributed by atoms with E-state index < -0.39 is 5.97 Å². The molecular weight excluding hydrogens is 228 g/mol. The molecule has 1 heterocycles. The minimum Gasteiger partial charge on any atom is -0.475 e. The maximum Gasteiger partial charge on any atom is 0.372 e. The third kappa shape index (κ3) is 1.76. The molecule has 1 aliphatic rings. The summed E-state index contributed by atoms with van der Waals surface area (Å²) in [6.07, 6.45) is 2.35. The van der Waals surface area contributed by atoms with Crippen molar-refractivity contribution in [3.8, 4) is 11.8 Å². The van der Waals surface area contributed by atoms with Gasteiger partial charge in [0.2, 0.25) is 5.76 Å². The number of hydrogen-bond acceptors (Lipinski definition) is 2. The van der Waals surface area contributed by atoms with E-state index in [0.717, 1.165) is 10.9 Å². The Bertz CT molecular complexity index is 694. The summed E-state index contributed by atoms with van der Waals surface area (Å²) in [4.78, 5) is 11.0. The Morgan fingerprint density at radius 3 is 2.89 bits per heavy atom. The molecule has 0 aliphatic heterocycles. The molecule has 0 bridgehead atoms. The number of hydrogen-bond donors (Lipinski definition) is 1. The zero-order valence-corrected chi connectivity index (χ0v) is 9.99. The van der Waals surface area contributed by atoms with Gasteiger partial charge in [-0.25, -0.2) is 4.79 Å². The van der Waals surface area contributed by atoms with E-state index in [4.69, 9.17) is 9.52 Å². The topological polar surface area (TPSA) is 50.4 Å². The van der Waals surface area contributed by atoms with Crippen LogP contribution < -0.4 is 0 Å². The summed E-state index contributed by atoms with van der Waals surface area (Å²) in [5, 5.41) is 9.88. The average molecular weight is 240 g/mol. The fourth-order valence-corrected chi connectivity index (χ4v) is 2.02. The number of benzene rings is 1. The van der Waals surface area contributed by atoms with Crippen molar-refractivity contribution in [3.63, 3.8) is 0 Å². The monoisotopic (exact) mass is 240 g/mol. The van der Waals surface area contributed by atoms with E-state index in [2.05, 4.69) is 11.8 Å². The molecule has 3 heteroatoms. The van der Waals surface area contributed by atoms with Crippen molar-refractivity contribution >= 4 is 16.9 Å². The van der Waals surface area contributed by atoms with Crippen molar-refractivity contribution in [1.29, 1.82) is 0 Å². The van der Waals surface area contributed by atoms with E-state index in [0.29, 0.717) is 17.1 Å². The molecule has 0 amide bonds. The van der Waals surface area contributed by atoms with Crippen molar-refractivity contribution in [2.24, 2.45) is 5.92 Å². The first-order valence-electron chi connectivity index (χ1n) is 5.94. The van der Waals surface area contributed by atoms with Crippen molar-refractivity contribution in [3.05, 3.63) is 35.1 Å². The van der Waals surface area contributed by atoms with Gasteiger partial charge in [-0.05, 0) is 31.9 Å². The number of carboxylic acids is 1. The second kappa shape index (κ2) is 3.92. The van der Waals surface area contributed by atoms with Gasteiger partial charge in [0.25, 0.3) is 0 Å². The molecule has 0 atom stereocenters. The first-order chi connectivity index (χ1) is 8.66. The lowest BCUT2D eigenvalue weighted by Crippen LogP contribution is -1.95. The first-order valence-corrected chi connectivity index (χ1v) is 5.94. The van der Waals surface area contributed by atoms with Crippen molar-refractivity contribution in [2.75, 3.05) is 0 Å². The third-order valence-electron chi connectivity index (χ3n) is 3.14. The molecule has 2 aromatic rings. The fraction of sp³-hybridized carbons (Fsp3) is 0.267. The lowest BCUT2D eigenvalue weighted by Gasteiger charge is -1.94. The lowest BCUT2D eigenvalue weighted by atomic mass is 10.1. The molecule has 0 spiro atoms. The highest BCUT2D eigenvalue weighted by atomic mass is 16.4. The fourth-order valence-electron chi connectivity index (χ4n) is 2.02. The summed E-state index contributed by atoms with van der Waals surface area (Å²) in [6.45, 7) is 1.76. The Morgan fingerprint density at radius 2 is 2.22 bits per heavy atom. The van der Waals surface area contributed by atoms with Crippen LogP contribution in [0.2, 0.25) is 0 Å². The van der Waals surface area contributed by atoms with E-state index in [1.165, 1.54) is 12.8 Å².